The summed E-state index contributed by atoms with van der Waals surface area (Å²) in [7, 11) is 0. The van der Waals surface area contributed by atoms with E-state index in [9.17, 15) is 5.26 Å². The third kappa shape index (κ3) is 5.07. The highest BCUT2D eigenvalue weighted by Crippen LogP contribution is 2.21. The molecule has 1 unspecified atom stereocenters. The lowest BCUT2D eigenvalue weighted by Crippen LogP contribution is -2.43. The molecule has 17 heavy (non-hydrogen) atoms. The maximum absolute atomic E-state index is 9.18. The van der Waals surface area contributed by atoms with E-state index in [1.54, 1.807) is 18.0 Å². The Kier molecular flexibility index (Phi) is 5.96. The number of rotatable bonds is 6. The minimum atomic E-state index is -0.491. The maximum atomic E-state index is 9.18. The Bertz CT molecular complexity index is 388. The molecular weight excluding hydrogens is 298 g/mol. The number of thioether (sulfide) groups is 1. The maximum Gasteiger partial charge on any atom is 0.113 e. The van der Waals surface area contributed by atoms with Gasteiger partial charge in [0, 0.05) is 16.4 Å². The van der Waals surface area contributed by atoms with Crippen LogP contribution in [0, 0.1) is 11.3 Å². The van der Waals surface area contributed by atoms with Crippen LogP contribution in [0.5, 0.6) is 0 Å². The first-order valence-corrected chi connectivity index (χ1v) is 7.28. The zero-order valence-corrected chi connectivity index (χ0v) is 12.4. The van der Waals surface area contributed by atoms with Crippen LogP contribution in [0.4, 0.5) is 0 Å². The second kappa shape index (κ2) is 7.00. The molecule has 1 N–H and O–H groups in total. The molecule has 0 amide bonds. The van der Waals surface area contributed by atoms with E-state index >= 15 is 0 Å². The van der Waals surface area contributed by atoms with Crippen LogP contribution in [0.3, 0.4) is 0 Å². The summed E-state index contributed by atoms with van der Waals surface area (Å²) in [6, 6.07) is 6.23. The second-order valence-electron chi connectivity index (χ2n) is 3.97. The number of nitrogens with one attached hydrogen (secondary N) is 1. The summed E-state index contributed by atoms with van der Waals surface area (Å²) < 4.78 is 0.967. The van der Waals surface area contributed by atoms with E-state index in [2.05, 4.69) is 39.2 Å². The van der Waals surface area contributed by atoms with Gasteiger partial charge in [0.15, 0.2) is 0 Å². The molecule has 92 valence electrons. The molecule has 0 bridgehead atoms. The van der Waals surface area contributed by atoms with Crippen molar-refractivity contribution >= 4 is 27.7 Å². The first kappa shape index (κ1) is 14.5. The monoisotopic (exact) mass is 313 g/mol. The summed E-state index contributed by atoms with van der Waals surface area (Å²) in [5.74, 6) is 0.693. The van der Waals surface area contributed by atoms with E-state index in [4.69, 9.17) is 0 Å². The molecule has 0 spiro atoms. The lowest BCUT2D eigenvalue weighted by atomic mass is 10.1. The predicted molar refractivity (Wildman–Crippen MR) is 75.0 cm³/mol. The number of nitriles is 1. The molecule has 1 rings (SSSR count). The number of nitrogens with zero attached hydrogens (tertiary/aromatic N) is 2. The van der Waals surface area contributed by atoms with Crippen molar-refractivity contribution in [2.45, 2.75) is 30.8 Å². The third-order valence-electron chi connectivity index (χ3n) is 2.22. The Hall–Kier alpha value is -0.570. The number of halogens is 1. The van der Waals surface area contributed by atoms with Crippen molar-refractivity contribution < 1.29 is 0 Å². The Morgan fingerprint density at radius 2 is 2.35 bits per heavy atom. The van der Waals surface area contributed by atoms with Crippen LogP contribution in [-0.4, -0.2) is 22.8 Å². The first-order chi connectivity index (χ1) is 8.09. The lowest BCUT2D eigenvalue weighted by Gasteiger charge is -2.22. The fourth-order valence-electron chi connectivity index (χ4n) is 1.19. The Balaban J connectivity index is 2.53. The fraction of sp³-hybridized carbons (Fsp3) is 0.500. The van der Waals surface area contributed by atoms with Gasteiger partial charge in [-0.1, -0.05) is 6.92 Å². The largest absolute Gasteiger partial charge is 0.299 e. The summed E-state index contributed by atoms with van der Waals surface area (Å²) in [4.78, 5) is 4.27. The van der Waals surface area contributed by atoms with Crippen molar-refractivity contribution in [3.05, 3.63) is 22.8 Å². The quantitative estimate of drug-likeness (QED) is 0.819. The van der Waals surface area contributed by atoms with Crippen molar-refractivity contribution in [3.8, 4) is 6.07 Å². The highest BCUT2D eigenvalue weighted by molar-refractivity contribution is 9.10. The van der Waals surface area contributed by atoms with Crippen molar-refractivity contribution in [1.29, 1.82) is 5.26 Å². The minimum Gasteiger partial charge on any atom is -0.299 e. The molecule has 0 radical (unpaired) electrons. The average Bonchev–Trinajstić information content (AvgIpc) is 2.36. The van der Waals surface area contributed by atoms with E-state index in [1.165, 1.54) is 0 Å². The smallest absolute Gasteiger partial charge is 0.113 e. The molecule has 0 aromatic carbocycles. The fourth-order valence-corrected chi connectivity index (χ4v) is 2.32. The Morgan fingerprint density at radius 1 is 1.59 bits per heavy atom. The Morgan fingerprint density at radius 3 is 2.88 bits per heavy atom. The van der Waals surface area contributed by atoms with Gasteiger partial charge in [0.25, 0.3) is 0 Å². The third-order valence-corrected chi connectivity index (χ3v) is 3.95. The molecule has 0 aliphatic heterocycles. The minimum absolute atomic E-state index is 0.491. The first-order valence-electron chi connectivity index (χ1n) is 5.50. The van der Waals surface area contributed by atoms with Gasteiger partial charge in [-0.3, -0.25) is 5.32 Å². The molecule has 0 saturated heterocycles. The highest BCUT2D eigenvalue weighted by Gasteiger charge is 2.22. The van der Waals surface area contributed by atoms with Gasteiger partial charge in [-0.05, 0) is 48.0 Å². The van der Waals surface area contributed by atoms with Crippen LogP contribution in [-0.2, 0) is 0 Å². The topological polar surface area (TPSA) is 48.7 Å². The van der Waals surface area contributed by atoms with Crippen molar-refractivity contribution in [2.75, 3.05) is 12.3 Å². The number of hydrogen-bond donors (Lipinski definition) is 1. The van der Waals surface area contributed by atoms with Crippen LogP contribution < -0.4 is 5.32 Å². The summed E-state index contributed by atoms with van der Waals surface area (Å²) in [5, 5.41) is 13.4. The molecule has 1 atom stereocenters. The molecular formula is C12H16BrN3S. The van der Waals surface area contributed by atoms with Crippen LogP contribution in [0.2, 0.25) is 0 Å². The number of pyridine rings is 1. The average molecular weight is 314 g/mol. The zero-order chi connectivity index (χ0) is 12.7. The van der Waals surface area contributed by atoms with Gasteiger partial charge >= 0.3 is 0 Å². The summed E-state index contributed by atoms with van der Waals surface area (Å²) in [6.45, 7) is 4.88. The summed E-state index contributed by atoms with van der Waals surface area (Å²) >= 11 is 4.94. The van der Waals surface area contributed by atoms with Gasteiger partial charge in [0.1, 0.15) is 5.54 Å². The number of aromatic nitrogens is 1. The standard InChI is InChI=1S/C12H16BrN3S/c1-3-6-16-12(2,8-14)9-17-11-5-4-10(13)7-15-11/h4-5,7,16H,3,6,9H2,1-2H3. The summed E-state index contributed by atoms with van der Waals surface area (Å²) in [6.07, 6.45) is 2.80. The van der Waals surface area contributed by atoms with Gasteiger partial charge in [-0.15, -0.1) is 11.8 Å². The summed E-state index contributed by atoms with van der Waals surface area (Å²) in [5.41, 5.74) is -0.491. The molecule has 1 heterocycles. The molecule has 3 nitrogen and oxygen atoms in total. The van der Waals surface area contributed by atoms with Crippen LogP contribution in [0.1, 0.15) is 20.3 Å². The van der Waals surface area contributed by atoms with Crippen molar-refractivity contribution in [1.82, 2.24) is 10.3 Å². The van der Waals surface area contributed by atoms with Crippen LogP contribution >= 0.6 is 27.7 Å². The van der Waals surface area contributed by atoms with Gasteiger partial charge < -0.3 is 0 Å². The van der Waals surface area contributed by atoms with Crippen molar-refractivity contribution in [2.24, 2.45) is 0 Å². The molecule has 1 aromatic heterocycles. The van der Waals surface area contributed by atoms with E-state index in [0.29, 0.717) is 5.75 Å². The van der Waals surface area contributed by atoms with Crippen molar-refractivity contribution in [3.63, 3.8) is 0 Å². The van der Waals surface area contributed by atoms with Gasteiger partial charge in [-0.25, -0.2) is 4.98 Å². The molecule has 1 aromatic rings. The normalized spacial score (nSPS) is 14.0. The molecule has 0 fully saturated rings. The molecule has 5 heteroatoms. The Labute approximate surface area is 115 Å². The predicted octanol–water partition coefficient (Wildman–Crippen LogP) is 3.22. The van der Waals surface area contributed by atoms with Gasteiger partial charge in [0.2, 0.25) is 0 Å². The van der Waals surface area contributed by atoms with Crippen LogP contribution in [0.25, 0.3) is 0 Å². The van der Waals surface area contributed by atoms with E-state index in [-0.39, 0.29) is 0 Å². The SMILES string of the molecule is CCCNC(C)(C#N)CSc1ccc(Br)cn1. The van der Waals surface area contributed by atoms with E-state index in [1.807, 2.05) is 19.1 Å². The van der Waals surface area contributed by atoms with E-state index in [0.717, 1.165) is 22.5 Å². The highest BCUT2D eigenvalue weighted by atomic mass is 79.9. The van der Waals surface area contributed by atoms with E-state index < -0.39 is 5.54 Å². The molecule has 0 saturated carbocycles. The second-order valence-corrected chi connectivity index (χ2v) is 5.89. The van der Waals surface area contributed by atoms with Crippen LogP contribution in [0.15, 0.2) is 27.8 Å². The number of hydrogen-bond acceptors (Lipinski definition) is 4. The lowest BCUT2D eigenvalue weighted by molar-refractivity contribution is 0.493. The zero-order valence-electron chi connectivity index (χ0n) is 10.0. The molecule has 0 aliphatic carbocycles. The van der Waals surface area contributed by atoms with Gasteiger partial charge in [0.05, 0.1) is 11.1 Å². The molecule has 0 aliphatic rings. The van der Waals surface area contributed by atoms with Gasteiger partial charge in [-0.2, -0.15) is 5.26 Å².